The number of carbonyl (C=O) groups excluding carboxylic acids is 3. The van der Waals surface area contributed by atoms with Gasteiger partial charge in [-0.05, 0) is 39.5 Å². The van der Waals surface area contributed by atoms with Gasteiger partial charge in [0.15, 0.2) is 5.41 Å². The maximum Gasteiger partial charge on any atom is 0.325 e. The minimum atomic E-state index is -1.64. The van der Waals surface area contributed by atoms with Gasteiger partial charge in [0.05, 0.1) is 13.2 Å². The molecule has 0 unspecified atom stereocenters. The Morgan fingerprint density at radius 3 is 2.23 bits per heavy atom. The summed E-state index contributed by atoms with van der Waals surface area (Å²) >= 11 is 0. The molecule has 0 saturated heterocycles. The van der Waals surface area contributed by atoms with Gasteiger partial charge >= 0.3 is 11.9 Å². The van der Waals surface area contributed by atoms with E-state index in [0.29, 0.717) is 12.0 Å². The van der Waals surface area contributed by atoms with Crippen LogP contribution in [0, 0.1) is 29.6 Å². The number of terminal acetylenes is 1. The molecule has 0 aliphatic heterocycles. The van der Waals surface area contributed by atoms with Gasteiger partial charge in [0, 0.05) is 24.0 Å². The molecule has 0 radical (unpaired) electrons. The van der Waals surface area contributed by atoms with Crippen molar-refractivity contribution in [2.24, 2.45) is 5.41 Å². The Balaban J connectivity index is 3.18. The minimum absolute atomic E-state index is 0.107. The Morgan fingerprint density at radius 1 is 1.08 bits per heavy atom. The summed E-state index contributed by atoms with van der Waals surface area (Å²) in [6.07, 6.45) is 10.4. The number of rotatable bonds is 7. The lowest BCUT2D eigenvalue weighted by atomic mass is 9.81. The number of carbonyl (C=O) groups is 3. The maximum absolute atomic E-state index is 12.5. The molecule has 0 saturated carbocycles. The summed E-state index contributed by atoms with van der Waals surface area (Å²) in [4.78, 5) is 36.2. The molecule has 0 fully saturated rings. The molecular weight excluding hydrogens is 332 g/mol. The van der Waals surface area contributed by atoms with Crippen LogP contribution in [0.15, 0.2) is 11.1 Å². The Hall–Kier alpha value is -2.53. The maximum atomic E-state index is 12.5. The van der Waals surface area contributed by atoms with Crippen LogP contribution in [0.25, 0.3) is 0 Å². The van der Waals surface area contributed by atoms with E-state index in [4.69, 9.17) is 15.9 Å². The molecule has 0 N–H and O–H groups in total. The van der Waals surface area contributed by atoms with Gasteiger partial charge in [-0.2, -0.15) is 0 Å². The molecule has 1 rings (SSSR count). The summed E-state index contributed by atoms with van der Waals surface area (Å²) in [7, 11) is 0. The lowest BCUT2D eigenvalue weighted by molar-refractivity contribution is -0.171. The van der Waals surface area contributed by atoms with Crippen molar-refractivity contribution in [2.45, 2.75) is 58.8 Å². The summed E-state index contributed by atoms with van der Waals surface area (Å²) in [6, 6.07) is 0. The van der Waals surface area contributed by atoms with E-state index in [1.54, 1.807) is 13.8 Å². The third-order valence-corrected chi connectivity index (χ3v) is 4.27. The van der Waals surface area contributed by atoms with Gasteiger partial charge in [0.2, 0.25) is 0 Å². The van der Waals surface area contributed by atoms with E-state index >= 15 is 0 Å². The van der Waals surface area contributed by atoms with Crippen LogP contribution in [-0.4, -0.2) is 31.4 Å². The third-order valence-electron chi connectivity index (χ3n) is 4.27. The molecule has 0 aromatic carbocycles. The van der Waals surface area contributed by atoms with Crippen LogP contribution in [0.1, 0.15) is 58.8 Å². The first-order chi connectivity index (χ1) is 12.6. The third kappa shape index (κ3) is 5.49. The van der Waals surface area contributed by atoms with Gasteiger partial charge in [-0.1, -0.05) is 18.3 Å². The average molecular weight is 358 g/mol. The zero-order chi connectivity index (χ0) is 19.4. The minimum Gasteiger partial charge on any atom is -0.465 e. The molecule has 0 aromatic rings. The molecule has 0 bridgehead atoms. The van der Waals surface area contributed by atoms with Crippen molar-refractivity contribution in [3.63, 3.8) is 0 Å². The average Bonchev–Trinajstić information content (AvgIpc) is 2.86. The van der Waals surface area contributed by atoms with E-state index in [2.05, 4.69) is 17.8 Å². The Bertz CT molecular complexity index is 636. The van der Waals surface area contributed by atoms with Crippen LogP contribution >= 0.6 is 0 Å². The van der Waals surface area contributed by atoms with E-state index in [0.717, 1.165) is 37.5 Å². The van der Waals surface area contributed by atoms with Crippen LogP contribution in [0.2, 0.25) is 0 Å². The van der Waals surface area contributed by atoms with Crippen molar-refractivity contribution in [1.29, 1.82) is 0 Å². The second-order valence-electron chi connectivity index (χ2n) is 6.06. The number of hydrogen-bond acceptors (Lipinski definition) is 5. The fourth-order valence-corrected chi connectivity index (χ4v) is 2.83. The number of esters is 2. The molecular formula is C21H26O5. The van der Waals surface area contributed by atoms with E-state index in [-0.39, 0.29) is 26.1 Å². The zero-order valence-corrected chi connectivity index (χ0v) is 15.6. The summed E-state index contributed by atoms with van der Waals surface area (Å²) in [5.74, 6) is 6.79. The lowest BCUT2D eigenvalue weighted by Gasteiger charge is -2.25. The molecule has 5 nitrogen and oxygen atoms in total. The number of allylic oxidation sites excluding steroid dienone is 2. The van der Waals surface area contributed by atoms with Crippen LogP contribution in [0.5, 0.6) is 0 Å². The molecule has 5 heteroatoms. The fraction of sp³-hybridized carbons (Fsp3) is 0.571. The molecule has 0 amide bonds. The summed E-state index contributed by atoms with van der Waals surface area (Å²) < 4.78 is 10.1. The van der Waals surface area contributed by atoms with Gasteiger partial charge in [-0.25, -0.2) is 0 Å². The zero-order valence-electron chi connectivity index (χ0n) is 15.6. The molecule has 1 aliphatic rings. The summed E-state index contributed by atoms with van der Waals surface area (Å²) in [5.41, 5.74) is -0.162. The van der Waals surface area contributed by atoms with Crippen molar-refractivity contribution < 1.29 is 23.9 Å². The van der Waals surface area contributed by atoms with Crippen LogP contribution in [-0.2, 0) is 23.9 Å². The van der Waals surface area contributed by atoms with Crippen molar-refractivity contribution in [2.75, 3.05) is 13.2 Å². The van der Waals surface area contributed by atoms with Gasteiger partial charge in [0.25, 0.3) is 0 Å². The van der Waals surface area contributed by atoms with Crippen LogP contribution < -0.4 is 0 Å². The highest BCUT2D eigenvalue weighted by molar-refractivity contribution is 6.00. The molecule has 1 aliphatic carbocycles. The molecule has 0 atom stereocenters. The van der Waals surface area contributed by atoms with Crippen LogP contribution in [0.3, 0.4) is 0 Å². The number of hydrogen-bond donors (Lipinski definition) is 0. The Kier molecular flexibility index (Phi) is 9.23. The van der Waals surface area contributed by atoms with Crippen molar-refractivity contribution in [3.8, 4) is 24.2 Å². The molecule has 0 heterocycles. The second-order valence-corrected chi connectivity index (χ2v) is 6.06. The normalized spacial score (nSPS) is 14.3. The fourth-order valence-electron chi connectivity index (χ4n) is 2.83. The summed E-state index contributed by atoms with van der Waals surface area (Å²) in [6.45, 7) is 3.56. The van der Waals surface area contributed by atoms with Crippen LogP contribution in [0.4, 0.5) is 0 Å². The highest BCUT2D eigenvalue weighted by Gasteiger charge is 2.48. The smallest absolute Gasteiger partial charge is 0.325 e. The van der Waals surface area contributed by atoms with E-state index in [1.807, 2.05) is 0 Å². The van der Waals surface area contributed by atoms with Gasteiger partial charge in [-0.3, -0.25) is 14.4 Å². The van der Waals surface area contributed by atoms with Gasteiger partial charge < -0.3 is 9.47 Å². The SMILES string of the molecule is C#CCC(CC#CC1=C(C=O)CCCCC1)(C(=O)OCC)C(=O)OCC. The number of aldehydes is 1. The molecule has 140 valence electrons. The first-order valence-electron chi connectivity index (χ1n) is 8.99. The van der Waals surface area contributed by atoms with Crippen molar-refractivity contribution in [3.05, 3.63) is 11.1 Å². The highest BCUT2D eigenvalue weighted by atomic mass is 16.6. The number of ether oxygens (including phenoxy) is 2. The second kappa shape index (κ2) is 11.2. The molecule has 0 aromatic heterocycles. The predicted molar refractivity (Wildman–Crippen MR) is 97.7 cm³/mol. The Morgan fingerprint density at radius 2 is 1.69 bits per heavy atom. The highest BCUT2D eigenvalue weighted by Crippen LogP contribution is 2.30. The first-order valence-corrected chi connectivity index (χ1v) is 8.99. The standard InChI is InChI=1S/C21H26O5/c1-4-14-21(19(23)25-5-2,20(24)26-6-3)15-10-13-17-11-8-7-9-12-18(17)16-22/h1,16H,5-9,11-12,14-15H2,2-3H3. The van der Waals surface area contributed by atoms with Crippen molar-refractivity contribution in [1.82, 2.24) is 0 Å². The molecule has 26 heavy (non-hydrogen) atoms. The Labute approximate surface area is 155 Å². The first kappa shape index (κ1) is 21.5. The van der Waals surface area contributed by atoms with E-state index in [1.165, 1.54) is 0 Å². The lowest BCUT2D eigenvalue weighted by Crippen LogP contribution is -2.41. The van der Waals surface area contributed by atoms with Crippen molar-refractivity contribution >= 4 is 18.2 Å². The van der Waals surface area contributed by atoms with Gasteiger partial charge in [-0.15, -0.1) is 12.3 Å². The van der Waals surface area contributed by atoms with Gasteiger partial charge in [0.1, 0.15) is 6.29 Å². The van der Waals surface area contributed by atoms with E-state index < -0.39 is 17.4 Å². The topological polar surface area (TPSA) is 69.7 Å². The monoisotopic (exact) mass is 358 g/mol. The summed E-state index contributed by atoms with van der Waals surface area (Å²) in [5, 5.41) is 0. The quantitative estimate of drug-likeness (QED) is 0.303. The largest absolute Gasteiger partial charge is 0.465 e. The van der Waals surface area contributed by atoms with E-state index in [9.17, 15) is 14.4 Å². The predicted octanol–water partition coefficient (Wildman–Crippen LogP) is 2.98. The molecule has 0 spiro atoms.